The van der Waals surface area contributed by atoms with Crippen molar-refractivity contribution in [3.05, 3.63) is 89.9 Å². The van der Waals surface area contributed by atoms with Crippen LogP contribution < -0.4 is 9.04 Å². The van der Waals surface area contributed by atoms with Crippen LogP contribution in [-0.2, 0) is 16.6 Å². The number of nitrogens with zero attached hydrogens (tertiary/aromatic N) is 4. The standard InChI is InChI=1S/C26H19F3N4O3S/c27-26(28,29)36-21-10-5-17(6-11-21)16-33(37(34,35)22-12-9-20(13-30)31-15-22)25-24(18-7-8-18)23-4-2-1-3-19(23)14-32-25/h1-6,9-12,14-15,18H,7-8,16H2. The van der Waals surface area contributed by atoms with Crippen LogP contribution in [0.5, 0.6) is 5.75 Å². The van der Waals surface area contributed by atoms with Gasteiger partial charge in [0, 0.05) is 23.3 Å². The van der Waals surface area contributed by atoms with E-state index in [1.807, 2.05) is 30.3 Å². The summed E-state index contributed by atoms with van der Waals surface area (Å²) in [5.41, 5.74) is 1.30. The zero-order valence-corrected chi connectivity index (χ0v) is 20.0. The maximum Gasteiger partial charge on any atom is 0.573 e. The van der Waals surface area contributed by atoms with Crippen LogP contribution in [0, 0.1) is 11.3 Å². The third-order valence-electron chi connectivity index (χ3n) is 5.96. The molecule has 0 N–H and O–H groups in total. The van der Waals surface area contributed by atoms with Gasteiger partial charge in [-0.2, -0.15) is 5.26 Å². The molecular weight excluding hydrogens is 505 g/mol. The predicted molar refractivity (Wildman–Crippen MR) is 129 cm³/mol. The Morgan fingerprint density at radius 3 is 2.35 bits per heavy atom. The van der Waals surface area contributed by atoms with E-state index < -0.39 is 22.1 Å². The van der Waals surface area contributed by atoms with Crippen LogP contribution in [0.15, 0.2) is 78.0 Å². The van der Waals surface area contributed by atoms with Crippen molar-refractivity contribution >= 4 is 26.6 Å². The van der Waals surface area contributed by atoms with Crippen molar-refractivity contribution < 1.29 is 26.3 Å². The Bertz CT molecular complexity index is 1600. The quantitative estimate of drug-likeness (QED) is 0.309. The summed E-state index contributed by atoms with van der Waals surface area (Å²) in [4.78, 5) is 8.32. The summed E-state index contributed by atoms with van der Waals surface area (Å²) >= 11 is 0. The number of pyridine rings is 2. The monoisotopic (exact) mass is 524 g/mol. The lowest BCUT2D eigenvalue weighted by atomic mass is 10.0. The second-order valence-corrected chi connectivity index (χ2v) is 10.4. The molecule has 7 nitrogen and oxygen atoms in total. The molecule has 2 aromatic heterocycles. The lowest BCUT2D eigenvalue weighted by Gasteiger charge is -2.26. The molecule has 1 saturated carbocycles. The van der Waals surface area contributed by atoms with E-state index in [2.05, 4.69) is 14.7 Å². The average molecular weight is 525 g/mol. The van der Waals surface area contributed by atoms with Crippen LogP contribution in [0.4, 0.5) is 19.0 Å². The molecule has 5 rings (SSSR count). The maximum absolute atomic E-state index is 13.9. The van der Waals surface area contributed by atoms with Gasteiger partial charge in [-0.1, -0.05) is 36.4 Å². The molecule has 0 amide bonds. The molecular formula is C26H19F3N4O3S. The van der Waals surface area contributed by atoms with Crippen LogP contribution in [0.3, 0.4) is 0 Å². The highest BCUT2D eigenvalue weighted by Gasteiger charge is 2.35. The molecule has 0 unspecified atom stereocenters. The summed E-state index contributed by atoms with van der Waals surface area (Å²) in [6.07, 6.45) is -0.347. The number of fused-ring (bicyclic) bond motifs is 1. The minimum Gasteiger partial charge on any atom is -0.406 e. The first-order chi connectivity index (χ1) is 17.7. The van der Waals surface area contributed by atoms with E-state index in [1.54, 1.807) is 6.20 Å². The zero-order valence-electron chi connectivity index (χ0n) is 19.2. The largest absolute Gasteiger partial charge is 0.573 e. The van der Waals surface area contributed by atoms with Crippen LogP contribution >= 0.6 is 0 Å². The van der Waals surface area contributed by atoms with Gasteiger partial charge in [-0.3, -0.25) is 0 Å². The van der Waals surface area contributed by atoms with Crippen LogP contribution in [0.25, 0.3) is 10.8 Å². The van der Waals surface area contributed by atoms with Gasteiger partial charge in [0.2, 0.25) is 0 Å². The SMILES string of the molecule is N#Cc1ccc(S(=O)(=O)N(Cc2ccc(OC(F)(F)F)cc2)c2ncc3ccccc3c2C2CC2)cn1. The molecule has 2 aromatic carbocycles. The first-order valence-electron chi connectivity index (χ1n) is 11.3. The molecule has 11 heteroatoms. The normalized spacial score (nSPS) is 13.8. The van der Waals surface area contributed by atoms with E-state index in [0.717, 1.165) is 51.8 Å². The van der Waals surface area contributed by atoms with Gasteiger partial charge in [-0.05, 0) is 54.0 Å². The first kappa shape index (κ1) is 24.5. The summed E-state index contributed by atoms with van der Waals surface area (Å²) < 4.78 is 70.6. The summed E-state index contributed by atoms with van der Waals surface area (Å²) in [5.74, 6) is -0.0291. The van der Waals surface area contributed by atoms with E-state index in [1.165, 1.54) is 24.3 Å². The third-order valence-corrected chi connectivity index (χ3v) is 7.68. The van der Waals surface area contributed by atoms with Crippen molar-refractivity contribution in [2.24, 2.45) is 0 Å². The molecule has 1 fully saturated rings. The van der Waals surface area contributed by atoms with Crippen molar-refractivity contribution in [2.75, 3.05) is 4.31 Å². The van der Waals surface area contributed by atoms with Gasteiger partial charge in [0.25, 0.3) is 10.0 Å². The number of anilines is 1. The molecule has 0 aliphatic heterocycles. The van der Waals surface area contributed by atoms with Gasteiger partial charge in [0.05, 0.1) is 6.54 Å². The highest BCUT2D eigenvalue weighted by Crippen LogP contribution is 2.47. The lowest BCUT2D eigenvalue weighted by Crippen LogP contribution is -2.32. The fourth-order valence-electron chi connectivity index (χ4n) is 4.11. The molecule has 0 spiro atoms. The Morgan fingerprint density at radius 1 is 1.00 bits per heavy atom. The second kappa shape index (κ2) is 9.37. The number of sulfonamides is 1. The minimum absolute atomic E-state index is 0.0632. The van der Waals surface area contributed by atoms with Gasteiger partial charge in [0.1, 0.15) is 28.2 Å². The number of ether oxygens (including phenoxy) is 1. The predicted octanol–water partition coefficient (Wildman–Crippen LogP) is 5.67. The number of halogens is 3. The van der Waals surface area contributed by atoms with Gasteiger partial charge in [0.15, 0.2) is 0 Å². The van der Waals surface area contributed by atoms with Crippen molar-refractivity contribution in [3.8, 4) is 11.8 Å². The molecule has 1 aliphatic rings. The highest BCUT2D eigenvalue weighted by atomic mass is 32.2. The van der Waals surface area contributed by atoms with E-state index in [-0.39, 0.29) is 28.9 Å². The Labute approximate surface area is 210 Å². The number of aromatic nitrogens is 2. The summed E-state index contributed by atoms with van der Waals surface area (Å²) in [5, 5.41) is 10.8. The maximum atomic E-state index is 13.9. The fourth-order valence-corrected chi connectivity index (χ4v) is 5.48. The summed E-state index contributed by atoms with van der Waals surface area (Å²) in [6, 6.07) is 17.1. The fraction of sp³-hybridized carbons (Fsp3) is 0.192. The summed E-state index contributed by atoms with van der Waals surface area (Å²) in [7, 11) is -4.23. The van der Waals surface area contributed by atoms with E-state index in [4.69, 9.17) is 5.26 Å². The Kier molecular flexibility index (Phi) is 6.21. The van der Waals surface area contributed by atoms with Gasteiger partial charge < -0.3 is 4.74 Å². The lowest BCUT2D eigenvalue weighted by molar-refractivity contribution is -0.274. The number of alkyl halides is 3. The average Bonchev–Trinajstić information content (AvgIpc) is 3.72. The van der Waals surface area contributed by atoms with Crippen LogP contribution in [0.2, 0.25) is 0 Å². The smallest absolute Gasteiger partial charge is 0.406 e. The van der Waals surface area contributed by atoms with Crippen molar-refractivity contribution in [1.29, 1.82) is 5.26 Å². The molecule has 0 saturated heterocycles. The Hall–Kier alpha value is -4.17. The minimum atomic E-state index is -4.84. The number of nitriles is 1. The molecule has 0 bridgehead atoms. The van der Waals surface area contributed by atoms with Gasteiger partial charge in [-0.15, -0.1) is 13.2 Å². The number of benzene rings is 2. The zero-order chi connectivity index (χ0) is 26.2. The number of hydrogen-bond donors (Lipinski definition) is 0. The third kappa shape index (κ3) is 5.20. The van der Waals surface area contributed by atoms with Crippen molar-refractivity contribution in [3.63, 3.8) is 0 Å². The number of hydrogen-bond acceptors (Lipinski definition) is 6. The number of rotatable bonds is 7. The molecule has 0 atom stereocenters. The van der Waals surface area contributed by atoms with Crippen molar-refractivity contribution in [1.82, 2.24) is 9.97 Å². The second-order valence-electron chi connectivity index (χ2n) is 8.55. The Morgan fingerprint density at radius 2 is 1.73 bits per heavy atom. The summed E-state index contributed by atoms with van der Waals surface area (Å²) in [6.45, 7) is -0.195. The van der Waals surface area contributed by atoms with Gasteiger partial charge >= 0.3 is 6.36 Å². The molecule has 37 heavy (non-hydrogen) atoms. The molecule has 4 aromatic rings. The first-order valence-corrected chi connectivity index (χ1v) is 12.7. The van der Waals surface area contributed by atoms with Crippen LogP contribution in [0.1, 0.15) is 35.6 Å². The molecule has 188 valence electrons. The van der Waals surface area contributed by atoms with E-state index in [9.17, 15) is 21.6 Å². The van der Waals surface area contributed by atoms with E-state index >= 15 is 0 Å². The molecule has 1 aliphatic carbocycles. The Balaban J connectivity index is 1.62. The van der Waals surface area contributed by atoms with Crippen LogP contribution in [-0.4, -0.2) is 24.7 Å². The molecule has 2 heterocycles. The topological polar surface area (TPSA) is 96.2 Å². The van der Waals surface area contributed by atoms with Gasteiger partial charge in [-0.25, -0.2) is 22.7 Å². The highest BCUT2D eigenvalue weighted by molar-refractivity contribution is 7.92. The molecule has 0 radical (unpaired) electrons. The van der Waals surface area contributed by atoms with E-state index in [0.29, 0.717) is 5.56 Å². The van der Waals surface area contributed by atoms with Crippen molar-refractivity contribution in [2.45, 2.75) is 36.6 Å².